The molecular formula is C13H21NO2. The van der Waals surface area contributed by atoms with E-state index in [9.17, 15) is 5.11 Å². The van der Waals surface area contributed by atoms with Crippen molar-refractivity contribution in [2.75, 3.05) is 0 Å². The second-order valence-corrected chi connectivity index (χ2v) is 4.15. The zero-order chi connectivity index (χ0) is 12.1. The van der Waals surface area contributed by atoms with Crippen LogP contribution in [0.5, 0.6) is 5.75 Å². The molecule has 3 atom stereocenters. The van der Waals surface area contributed by atoms with E-state index in [1.807, 2.05) is 31.2 Å². The number of hydrogen-bond donors (Lipinski definition) is 2. The van der Waals surface area contributed by atoms with Gasteiger partial charge in [-0.15, -0.1) is 0 Å². The van der Waals surface area contributed by atoms with Gasteiger partial charge in [0.1, 0.15) is 11.9 Å². The molecule has 0 aromatic heterocycles. The van der Waals surface area contributed by atoms with Crippen molar-refractivity contribution >= 4 is 0 Å². The van der Waals surface area contributed by atoms with Crippen LogP contribution in [-0.4, -0.2) is 17.3 Å². The molecule has 90 valence electrons. The third-order valence-electron chi connectivity index (χ3n) is 2.75. The molecule has 1 aromatic rings. The summed E-state index contributed by atoms with van der Waals surface area (Å²) < 4.78 is 5.55. The van der Waals surface area contributed by atoms with Crippen LogP contribution in [0.4, 0.5) is 0 Å². The number of rotatable bonds is 5. The van der Waals surface area contributed by atoms with Crippen molar-refractivity contribution in [2.24, 2.45) is 5.73 Å². The van der Waals surface area contributed by atoms with Gasteiger partial charge in [0, 0.05) is 6.04 Å². The lowest BCUT2D eigenvalue weighted by Crippen LogP contribution is -2.25. The summed E-state index contributed by atoms with van der Waals surface area (Å²) in [7, 11) is 0. The summed E-state index contributed by atoms with van der Waals surface area (Å²) in [6, 6.07) is 7.81. The maximum Gasteiger partial charge on any atom is 0.121 e. The van der Waals surface area contributed by atoms with Crippen LogP contribution in [0, 0.1) is 0 Å². The molecule has 0 aliphatic rings. The maximum atomic E-state index is 9.32. The molecule has 16 heavy (non-hydrogen) atoms. The third kappa shape index (κ3) is 3.51. The van der Waals surface area contributed by atoms with Gasteiger partial charge in [0.15, 0.2) is 0 Å². The fraction of sp³-hybridized carbons (Fsp3) is 0.538. The van der Waals surface area contributed by atoms with Crippen LogP contribution in [0.15, 0.2) is 24.3 Å². The van der Waals surface area contributed by atoms with Crippen molar-refractivity contribution in [3.63, 3.8) is 0 Å². The summed E-state index contributed by atoms with van der Waals surface area (Å²) in [5.41, 5.74) is 7.02. The minimum atomic E-state index is -0.474. The van der Waals surface area contributed by atoms with Crippen molar-refractivity contribution in [1.82, 2.24) is 0 Å². The molecule has 0 bridgehead atoms. The molecule has 3 unspecified atom stereocenters. The van der Waals surface area contributed by atoms with Crippen LogP contribution in [0.25, 0.3) is 0 Å². The second kappa shape index (κ2) is 5.87. The molecule has 0 saturated carbocycles. The zero-order valence-corrected chi connectivity index (χ0v) is 10.2. The third-order valence-corrected chi connectivity index (χ3v) is 2.75. The maximum absolute atomic E-state index is 9.32. The molecule has 0 spiro atoms. The summed E-state index contributed by atoms with van der Waals surface area (Å²) in [5.74, 6) is 0.764. The Balaban J connectivity index is 2.64. The molecule has 3 N–H and O–H groups in total. The standard InChI is InChI=1S/C13H21NO2/c1-4-13(14)11-5-7-12(8-6-11)16-10(3)9(2)15/h5-10,13,15H,4,14H2,1-3H3. The highest BCUT2D eigenvalue weighted by Crippen LogP contribution is 2.19. The molecular weight excluding hydrogens is 202 g/mol. The summed E-state index contributed by atoms with van der Waals surface area (Å²) >= 11 is 0. The van der Waals surface area contributed by atoms with Crippen molar-refractivity contribution in [2.45, 2.75) is 45.4 Å². The van der Waals surface area contributed by atoms with Crippen LogP contribution >= 0.6 is 0 Å². The Morgan fingerprint density at radius 3 is 2.25 bits per heavy atom. The lowest BCUT2D eigenvalue weighted by molar-refractivity contribution is 0.0604. The van der Waals surface area contributed by atoms with E-state index >= 15 is 0 Å². The molecule has 1 aromatic carbocycles. The summed E-state index contributed by atoms with van der Waals surface area (Å²) in [6.45, 7) is 5.62. The van der Waals surface area contributed by atoms with Gasteiger partial charge >= 0.3 is 0 Å². The Morgan fingerprint density at radius 2 is 1.81 bits per heavy atom. The molecule has 0 saturated heterocycles. The fourth-order valence-electron chi connectivity index (χ4n) is 1.34. The first-order chi connectivity index (χ1) is 7.54. The van der Waals surface area contributed by atoms with E-state index in [-0.39, 0.29) is 12.1 Å². The van der Waals surface area contributed by atoms with Crippen molar-refractivity contribution in [3.05, 3.63) is 29.8 Å². The van der Waals surface area contributed by atoms with Crippen LogP contribution in [0.3, 0.4) is 0 Å². The predicted molar refractivity (Wildman–Crippen MR) is 65.4 cm³/mol. The highest BCUT2D eigenvalue weighted by atomic mass is 16.5. The normalized spacial score (nSPS) is 16.6. The van der Waals surface area contributed by atoms with Gasteiger partial charge in [0.2, 0.25) is 0 Å². The monoisotopic (exact) mass is 223 g/mol. The first-order valence-corrected chi connectivity index (χ1v) is 5.74. The predicted octanol–water partition coefficient (Wildman–Crippen LogP) is 2.24. The highest BCUT2D eigenvalue weighted by molar-refractivity contribution is 5.29. The molecule has 0 aliphatic carbocycles. The van der Waals surface area contributed by atoms with Crippen LogP contribution in [0.2, 0.25) is 0 Å². The van der Waals surface area contributed by atoms with E-state index in [0.29, 0.717) is 0 Å². The van der Waals surface area contributed by atoms with Gasteiger partial charge in [0.05, 0.1) is 6.10 Å². The molecule has 3 heteroatoms. The van der Waals surface area contributed by atoms with Crippen molar-refractivity contribution < 1.29 is 9.84 Å². The number of hydrogen-bond acceptors (Lipinski definition) is 3. The molecule has 0 aliphatic heterocycles. The molecule has 0 radical (unpaired) electrons. The minimum absolute atomic E-state index is 0.0863. The van der Waals surface area contributed by atoms with Gasteiger partial charge in [-0.05, 0) is 38.0 Å². The first-order valence-electron chi connectivity index (χ1n) is 5.74. The fourth-order valence-corrected chi connectivity index (χ4v) is 1.34. The quantitative estimate of drug-likeness (QED) is 0.805. The SMILES string of the molecule is CCC(N)c1ccc(OC(C)C(C)O)cc1. The summed E-state index contributed by atoms with van der Waals surface area (Å²) in [6.07, 6.45) is 0.243. The Hall–Kier alpha value is -1.06. The summed E-state index contributed by atoms with van der Waals surface area (Å²) in [5, 5.41) is 9.32. The first kappa shape index (κ1) is 13.0. The molecule has 0 heterocycles. The minimum Gasteiger partial charge on any atom is -0.488 e. The molecule has 1 rings (SSSR count). The average molecular weight is 223 g/mol. The van der Waals surface area contributed by atoms with Crippen LogP contribution < -0.4 is 10.5 Å². The van der Waals surface area contributed by atoms with E-state index in [1.165, 1.54) is 0 Å². The van der Waals surface area contributed by atoms with Crippen LogP contribution in [-0.2, 0) is 0 Å². The molecule has 3 nitrogen and oxygen atoms in total. The van der Waals surface area contributed by atoms with E-state index in [1.54, 1.807) is 6.92 Å². The number of nitrogens with two attached hydrogens (primary N) is 1. The van der Waals surface area contributed by atoms with Crippen molar-refractivity contribution in [3.8, 4) is 5.75 Å². The average Bonchev–Trinajstić information content (AvgIpc) is 2.28. The van der Waals surface area contributed by atoms with E-state index < -0.39 is 6.10 Å². The van der Waals surface area contributed by atoms with Gasteiger partial charge < -0.3 is 15.6 Å². The number of aliphatic hydroxyl groups excluding tert-OH is 1. The largest absolute Gasteiger partial charge is 0.488 e. The van der Waals surface area contributed by atoms with Gasteiger partial charge in [-0.2, -0.15) is 0 Å². The van der Waals surface area contributed by atoms with E-state index in [0.717, 1.165) is 17.7 Å². The lowest BCUT2D eigenvalue weighted by atomic mass is 10.1. The number of benzene rings is 1. The van der Waals surface area contributed by atoms with Gasteiger partial charge in [-0.25, -0.2) is 0 Å². The Morgan fingerprint density at radius 1 is 1.25 bits per heavy atom. The number of aliphatic hydroxyl groups is 1. The topological polar surface area (TPSA) is 55.5 Å². The Kier molecular flexibility index (Phi) is 4.77. The zero-order valence-electron chi connectivity index (χ0n) is 10.2. The van der Waals surface area contributed by atoms with Gasteiger partial charge in [-0.1, -0.05) is 19.1 Å². The smallest absolute Gasteiger partial charge is 0.121 e. The Labute approximate surface area is 97.2 Å². The van der Waals surface area contributed by atoms with E-state index in [2.05, 4.69) is 6.92 Å². The lowest BCUT2D eigenvalue weighted by Gasteiger charge is -2.17. The van der Waals surface area contributed by atoms with Gasteiger partial charge in [-0.3, -0.25) is 0 Å². The molecule has 0 amide bonds. The Bertz CT molecular complexity index is 308. The van der Waals surface area contributed by atoms with Crippen LogP contribution in [0.1, 0.15) is 38.8 Å². The molecule has 0 fully saturated rings. The van der Waals surface area contributed by atoms with Crippen molar-refractivity contribution in [1.29, 1.82) is 0 Å². The highest BCUT2D eigenvalue weighted by Gasteiger charge is 2.10. The number of ether oxygens (including phenoxy) is 1. The summed E-state index contributed by atoms with van der Waals surface area (Å²) in [4.78, 5) is 0. The van der Waals surface area contributed by atoms with Gasteiger partial charge in [0.25, 0.3) is 0 Å². The van der Waals surface area contributed by atoms with E-state index in [4.69, 9.17) is 10.5 Å². The second-order valence-electron chi connectivity index (χ2n) is 4.15.